The molecule has 4 atom stereocenters. The lowest BCUT2D eigenvalue weighted by Gasteiger charge is -2.37. The van der Waals surface area contributed by atoms with E-state index in [1.807, 2.05) is 0 Å². The SMILES string of the molecule is CCCCCCCC/C=C/CCCCCCCCCO[C@@H]1[C@@H](O)[C@H](CO)OC[C@H]1O. The normalized spacial score (nSPS) is 24.7. The predicted molar refractivity (Wildman–Crippen MR) is 123 cm³/mol. The van der Waals surface area contributed by atoms with Gasteiger partial charge in [0.2, 0.25) is 0 Å². The molecular formula is C25H48O5. The molecule has 0 aromatic rings. The Morgan fingerprint density at radius 1 is 0.800 bits per heavy atom. The van der Waals surface area contributed by atoms with Crippen LogP contribution >= 0.6 is 0 Å². The van der Waals surface area contributed by atoms with Crippen LogP contribution in [-0.2, 0) is 9.47 Å². The van der Waals surface area contributed by atoms with Gasteiger partial charge < -0.3 is 24.8 Å². The van der Waals surface area contributed by atoms with E-state index in [9.17, 15) is 10.2 Å². The van der Waals surface area contributed by atoms with Gasteiger partial charge in [0.05, 0.1) is 13.2 Å². The fraction of sp³-hybridized carbons (Fsp3) is 0.920. The maximum absolute atomic E-state index is 10.1. The summed E-state index contributed by atoms with van der Waals surface area (Å²) in [5, 5.41) is 29.1. The van der Waals surface area contributed by atoms with Crippen molar-refractivity contribution in [2.75, 3.05) is 19.8 Å². The van der Waals surface area contributed by atoms with Crippen molar-refractivity contribution in [1.82, 2.24) is 0 Å². The third kappa shape index (κ3) is 13.1. The Labute approximate surface area is 184 Å². The molecule has 1 saturated heterocycles. The summed E-state index contributed by atoms with van der Waals surface area (Å²) in [7, 11) is 0. The molecule has 1 rings (SSSR count). The van der Waals surface area contributed by atoms with Crippen LogP contribution in [0.15, 0.2) is 12.2 Å². The molecule has 30 heavy (non-hydrogen) atoms. The Morgan fingerprint density at radius 2 is 1.33 bits per heavy atom. The van der Waals surface area contributed by atoms with Crippen molar-refractivity contribution in [2.45, 2.75) is 128 Å². The molecule has 1 aliphatic heterocycles. The molecule has 0 unspecified atom stereocenters. The molecule has 5 nitrogen and oxygen atoms in total. The molecule has 5 heteroatoms. The zero-order valence-corrected chi connectivity index (χ0v) is 19.4. The fourth-order valence-corrected chi connectivity index (χ4v) is 3.97. The number of aliphatic hydroxyl groups is 3. The van der Waals surface area contributed by atoms with Crippen LogP contribution in [0.4, 0.5) is 0 Å². The monoisotopic (exact) mass is 428 g/mol. The van der Waals surface area contributed by atoms with Gasteiger partial charge in [-0.25, -0.2) is 0 Å². The predicted octanol–water partition coefficient (Wildman–Crippen LogP) is 4.91. The van der Waals surface area contributed by atoms with Gasteiger partial charge in [-0.3, -0.25) is 0 Å². The quantitative estimate of drug-likeness (QED) is 0.201. The summed E-state index contributed by atoms with van der Waals surface area (Å²) in [5.74, 6) is 0. The highest BCUT2D eigenvalue weighted by molar-refractivity contribution is 4.87. The first kappa shape index (κ1) is 27.6. The molecule has 1 fully saturated rings. The zero-order chi connectivity index (χ0) is 21.9. The zero-order valence-electron chi connectivity index (χ0n) is 19.4. The second-order valence-corrected chi connectivity index (χ2v) is 8.74. The molecule has 0 spiro atoms. The van der Waals surface area contributed by atoms with Gasteiger partial charge in [-0.1, -0.05) is 83.3 Å². The topological polar surface area (TPSA) is 79.2 Å². The number of aliphatic hydroxyl groups excluding tert-OH is 3. The third-order valence-electron chi connectivity index (χ3n) is 5.97. The van der Waals surface area contributed by atoms with Gasteiger partial charge >= 0.3 is 0 Å². The number of rotatable bonds is 19. The van der Waals surface area contributed by atoms with E-state index in [1.165, 1.54) is 83.5 Å². The molecule has 0 saturated carbocycles. The van der Waals surface area contributed by atoms with Crippen LogP contribution in [0.25, 0.3) is 0 Å². The van der Waals surface area contributed by atoms with Gasteiger partial charge in [0.25, 0.3) is 0 Å². The molecule has 3 N–H and O–H groups in total. The molecule has 0 radical (unpaired) electrons. The van der Waals surface area contributed by atoms with Crippen molar-refractivity contribution in [2.24, 2.45) is 0 Å². The van der Waals surface area contributed by atoms with Crippen LogP contribution in [0.3, 0.4) is 0 Å². The van der Waals surface area contributed by atoms with Crippen LogP contribution in [0, 0.1) is 0 Å². The minimum Gasteiger partial charge on any atom is -0.394 e. The number of unbranched alkanes of at least 4 members (excludes halogenated alkanes) is 13. The Kier molecular flexibility index (Phi) is 17.7. The summed E-state index contributed by atoms with van der Waals surface area (Å²) in [6.07, 6.45) is 20.7. The molecule has 178 valence electrons. The summed E-state index contributed by atoms with van der Waals surface area (Å²) < 4.78 is 10.9. The Hall–Kier alpha value is -0.460. The number of ether oxygens (including phenoxy) is 2. The largest absolute Gasteiger partial charge is 0.394 e. The minimum absolute atomic E-state index is 0.0984. The number of allylic oxidation sites excluding steroid dienone is 2. The van der Waals surface area contributed by atoms with Crippen molar-refractivity contribution in [3.05, 3.63) is 12.2 Å². The molecular weight excluding hydrogens is 380 g/mol. The molecule has 0 aromatic carbocycles. The van der Waals surface area contributed by atoms with Gasteiger partial charge in [-0.05, 0) is 32.1 Å². The number of hydrogen-bond donors (Lipinski definition) is 3. The highest BCUT2D eigenvalue weighted by Crippen LogP contribution is 2.19. The van der Waals surface area contributed by atoms with Crippen molar-refractivity contribution in [3.8, 4) is 0 Å². The molecule has 0 bridgehead atoms. The lowest BCUT2D eigenvalue weighted by atomic mass is 10.0. The van der Waals surface area contributed by atoms with Gasteiger partial charge in [0.15, 0.2) is 0 Å². The summed E-state index contributed by atoms with van der Waals surface area (Å²) in [6.45, 7) is 2.63. The van der Waals surface area contributed by atoms with E-state index in [4.69, 9.17) is 14.6 Å². The van der Waals surface area contributed by atoms with E-state index in [1.54, 1.807) is 0 Å². The summed E-state index contributed by atoms with van der Waals surface area (Å²) in [4.78, 5) is 0. The smallest absolute Gasteiger partial charge is 0.114 e. The van der Waals surface area contributed by atoms with Crippen LogP contribution in [0.5, 0.6) is 0 Å². The van der Waals surface area contributed by atoms with E-state index in [0.29, 0.717) is 6.61 Å². The van der Waals surface area contributed by atoms with Crippen molar-refractivity contribution in [1.29, 1.82) is 0 Å². The van der Waals surface area contributed by atoms with Crippen molar-refractivity contribution < 1.29 is 24.8 Å². The Balaban J connectivity index is 1.85. The maximum atomic E-state index is 10.1. The van der Waals surface area contributed by atoms with Crippen LogP contribution in [0.2, 0.25) is 0 Å². The first-order valence-corrected chi connectivity index (χ1v) is 12.6. The minimum atomic E-state index is -0.974. The summed E-state index contributed by atoms with van der Waals surface area (Å²) in [5.41, 5.74) is 0. The van der Waals surface area contributed by atoms with E-state index in [-0.39, 0.29) is 13.2 Å². The van der Waals surface area contributed by atoms with Crippen molar-refractivity contribution in [3.63, 3.8) is 0 Å². The van der Waals surface area contributed by atoms with E-state index >= 15 is 0 Å². The molecule has 1 aliphatic rings. The van der Waals surface area contributed by atoms with E-state index in [2.05, 4.69) is 19.1 Å². The Bertz CT molecular complexity index is 401. The van der Waals surface area contributed by atoms with E-state index in [0.717, 1.165) is 12.8 Å². The van der Waals surface area contributed by atoms with Gasteiger partial charge in [-0.2, -0.15) is 0 Å². The second kappa shape index (κ2) is 19.2. The molecule has 1 heterocycles. The van der Waals surface area contributed by atoms with Gasteiger partial charge in [-0.15, -0.1) is 0 Å². The van der Waals surface area contributed by atoms with Crippen LogP contribution in [-0.4, -0.2) is 59.6 Å². The average Bonchev–Trinajstić information content (AvgIpc) is 2.75. The van der Waals surface area contributed by atoms with Gasteiger partial charge in [0, 0.05) is 6.61 Å². The lowest BCUT2D eigenvalue weighted by molar-refractivity contribution is -0.210. The lowest BCUT2D eigenvalue weighted by Crippen LogP contribution is -2.55. The van der Waals surface area contributed by atoms with Gasteiger partial charge in [0.1, 0.15) is 24.4 Å². The third-order valence-corrected chi connectivity index (χ3v) is 5.97. The highest BCUT2D eigenvalue weighted by Gasteiger charge is 2.38. The Morgan fingerprint density at radius 3 is 1.90 bits per heavy atom. The first-order valence-electron chi connectivity index (χ1n) is 12.6. The molecule has 0 aliphatic carbocycles. The maximum Gasteiger partial charge on any atom is 0.114 e. The molecule has 0 amide bonds. The van der Waals surface area contributed by atoms with E-state index < -0.39 is 24.4 Å². The fourth-order valence-electron chi connectivity index (χ4n) is 3.97. The van der Waals surface area contributed by atoms with Crippen molar-refractivity contribution >= 4 is 0 Å². The van der Waals surface area contributed by atoms with Crippen LogP contribution in [0.1, 0.15) is 103 Å². The molecule has 0 aromatic heterocycles. The van der Waals surface area contributed by atoms with Crippen LogP contribution < -0.4 is 0 Å². The standard InChI is InChI=1S/C25H48O5/c1-2-3-4-5-6-7-8-9-10-11-12-13-14-15-16-17-18-19-29-25-22(27)21-30-23(20-26)24(25)28/h9-10,22-28H,2-8,11-21H2,1H3/b10-9+/t22-,23+,24+,25+/m1/s1. The summed E-state index contributed by atoms with van der Waals surface area (Å²) >= 11 is 0. The second-order valence-electron chi connectivity index (χ2n) is 8.74. The summed E-state index contributed by atoms with van der Waals surface area (Å²) in [6, 6.07) is 0. The number of hydrogen-bond acceptors (Lipinski definition) is 5. The average molecular weight is 429 g/mol. The highest BCUT2D eigenvalue weighted by atomic mass is 16.6. The first-order chi connectivity index (χ1) is 14.7.